The van der Waals surface area contributed by atoms with Gasteiger partial charge in [-0.3, -0.25) is 4.79 Å². The van der Waals surface area contributed by atoms with E-state index in [1.165, 1.54) is 5.56 Å². The van der Waals surface area contributed by atoms with Crippen LogP contribution in [0.25, 0.3) is 0 Å². The molecule has 0 bridgehead atoms. The first kappa shape index (κ1) is 14.4. The second-order valence-corrected chi connectivity index (χ2v) is 6.01. The summed E-state index contributed by atoms with van der Waals surface area (Å²) in [6, 6.07) is 8.39. The Labute approximate surface area is 126 Å². The van der Waals surface area contributed by atoms with E-state index in [1.54, 1.807) is 7.11 Å². The van der Waals surface area contributed by atoms with Gasteiger partial charge < -0.3 is 15.0 Å². The Hall–Kier alpha value is -1.55. The minimum absolute atomic E-state index is 0.164. The van der Waals surface area contributed by atoms with Crippen LogP contribution in [0.2, 0.25) is 0 Å². The van der Waals surface area contributed by atoms with Crippen LogP contribution < -0.4 is 10.1 Å². The van der Waals surface area contributed by atoms with Gasteiger partial charge in [-0.1, -0.05) is 12.1 Å². The Bertz CT molecular complexity index is 480. The summed E-state index contributed by atoms with van der Waals surface area (Å²) in [6.45, 7) is 2.78. The molecule has 1 amide bonds. The number of nitrogens with one attached hydrogen (secondary N) is 1. The number of carbonyl (C=O) groups excluding carboxylic acids is 1. The average Bonchev–Trinajstić information content (AvgIpc) is 3.04. The number of carbonyl (C=O) groups is 1. The van der Waals surface area contributed by atoms with Crippen LogP contribution in [0, 0.1) is 5.92 Å². The van der Waals surface area contributed by atoms with Crippen molar-refractivity contribution in [1.29, 1.82) is 0 Å². The first-order valence-corrected chi connectivity index (χ1v) is 7.95. The molecule has 1 unspecified atom stereocenters. The maximum absolute atomic E-state index is 12.8. The van der Waals surface area contributed by atoms with Gasteiger partial charge >= 0.3 is 0 Å². The van der Waals surface area contributed by atoms with Crippen molar-refractivity contribution in [3.05, 3.63) is 29.8 Å². The fraction of sp³-hybridized carbons (Fsp3) is 0.588. The van der Waals surface area contributed by atoms with Gasteiger partial charge in [-0.2, -0.15) is 0 Å². The Balaban J connectivity index is 1.73. The monoisotopic (exact) mass is 288 g/mol. The summed E-state index contributed by atoms with van der Waals surface area (Å²) < 4.78 is 5.21. The van der Waals surface area contributed by atoms with Crippen molar-refractivity contribution in [2.24, 2.45) is 5.92 Å². The van der Waals surface area contributed by atoms with E-state index in [9.17, 15) is 4.79 Å². The molecule has 0 spiro atoms. The molecule has 3 rings (SSSR count). The number of piperidine rings is 1. The number of benzene rings is 1. The smallest absolute Gasteiger partial charge is 0.227 e. The van der Waals surface area contributed by atoms with Crippen LogP contribution in [0.4, 0.5) is 0 Å². The molecule has 2 saturated heterocycles. The third-order valence-electron chi connectivity index (χ3n) is 4.68. The Morgan fingerprint density at radius 1 is 1.24 bits per heavy atom. The molecule has 2 fully saturated rings. The fourth-order valence-corrected chi connectivity index (χ4v) is 3.50. The highest BCUT2D eigenvalue weighted by Crippen LogP contribution is 2.34. The molecule has 1 N–H and O–H groups in total. The summed E-state index contributed by atoms with van der Waals surface area (Å²) in [7, 11) is 1.68. The van der Waals surface area contributed by atoms with Gasteiger partial charge in [0.1, 0.15) is 5.75 Å². The van der Waals surface area contributed by atoms with Gasteiger partial charge in [0, 0.05) is 13.1 Å². The van der Waals surface area contributed by atoms with E-state index in [4.69, 9.17) is 4.74 Å². The second-order valence-electron chi connectivity index (χ2n) is 6.01. The van der Waals surface area contributed by atoms with Crippen molar-refractivity contribution < 1.29 is 9.53 Å². The van der Waals surface area contributed by atoms with Crippen molar-refractivity contribution in [2.45, 2.75) is 31.7 Å². The molecule has 0 aliphatic carbocycles. The van der Waals surface area contributed by atoms with Gasteiger partial charge in [-0.15, -0.1) is 0 Å². The molecular weight excluding hydrogens is 264 g/mol. The number of methoxy groups -OCH3 is 1. The normalized spacial score (nSPS) is 25.9. The molecule has 114 valence electrons. The first-order valence-electron chi connectivity index (χ1n) is 7.95. The van der Waals surface area contributed by atoms with Crippen molar-refractivity contribution in [3.63, 3.8) is 0 Å². The van der Waals surface area contributed by atoms with E-state index < -0.39 is 0 Å². The fourth-order valence-electron chi connectivity index (χ4n) is 3.50. The lowest BCUT2D eigenvalue weighted by molar-refractivity contribution is -0.137. The predicted molar refractivity (Wildman–Crippen MR) is 82.3 cm³/mol. The van der Waals surface area contributed by atoms with E-state index in [0.29, 0.717) is 5.91 Å². The maximum Gasteiger partial charge on any atom is 0.227 e. The number of rotatable bonds is 3. The second kappa shape index (κ2) is 6.48. The van der Waals surface area contributed by atoms with Crippen molar-refractivity contribution in [2.75, 3.05) is 26.7 Å². The van der Waals surface area contributed by atoms with Gasteiger partial charge in [0.25, 0.3) is 0 Å². The van der Waals surface area contributed by atoms with E-state index in [2.05, 4.69) is 22.3 Å². The SMILES string of the molecule is COc1ccc(C2CCCN2C(=O)[C@H]2CCCNC2)cc1. The van der Waals surface area contributed by atoms with E-state index in [1.807, 2.05) is 12.1 Å². The molecule has 2 aliphatic rings. The van der Waals surface area contributed by atoms with Gasteiger partial charge in [-0.05, 0) is 49.9 Å². The number of likely N-dealkylation sites (tertiary alicyclic amines) is 1. The third-order valence-corrected chi connectivity index (χ3v) is 4.68. The van der Waals surface area contributed by atoms with Crippen LogP contribution >= 0.6 is 0 Å². The zero-order chi connectivity index (χ0) is 14.7. The van der Waals surface area contributed by atoms with Crippen LogP contribution in [0.5, 0.6) is 5.75 Å². The summed E-state index contributed by atoms with van der Waals surface area (Å²) in [5.41, 5.74) is 1.23. The summed E-state index contributed by atoms with van der Waals surface area (Å²) >= 11 is 0. The molecule has 21 heavy (non-hydrogen) atoms. The first-order chi connectivity index (χ1) is 10.3. The summed E-state index contributed by atoms with van der Waals surface area (Å²) in [5.74, 6) is 1.37. The topological polar surface area (TPSA) is 41.6 Å². The largest absolute Gasteiger partial charge is 0.497 e. The van der Waals surface area contributed by atoms with Gasteiger partial charge in [0.05, 0.1) is 19.1 Å². The van der Waals surface area contributed by atoms with E-state index in [0.717, 1.165) is 51.1 Å². The standard InChI is InChI=1S/C17H24N2O2/c1-21-15-8-6-13(7-9-15)16-5-3-11-19(16)17(20)14-4-2-10-18-12-14/h6-9,14,16,18H,2-5,10-12H2,1H3/t14-,16?/m0/s1. The molecule has 0 saturated carbocycles. The van der Waals surface area contributed by atoms with Crippen molar-refractivity contribution in [1.82, 2.24) is 10.2 Å². The molecule has 0 aromatic heterocycles. The molecule has 2 atom stereocenters. The van der Waals surface area contributed by atoms with Gasteiger partial charge in [0.15, 0.2) is 0 Å². The molecule has 4 nitrogen and oxygen atoms in total. The average molecular weight is 288 g/mol. The highest BCUT2D eigenvalue weighted by molar-refractivity contribution is 5.80. The van der Waals surface area contributed by atoms with Gasteiger partial charge in [-0.25, -0.2) is 0 Å². The quantitative estimate of drug-likeness (QED) is 0.928. The third kappa shape index (κ3) is 3.05. The highest BCUT2D eigenvalue weighted by Gasteiger charge is 2.34. The number of amides is 1. The highest BCUT2D eigenvalue weighted by atomic mass is 16.5. The lowest BCUT2D eigenvalue weighted by atomic mass is 9.96. The molecular formula is C17H24N2O2. The summed E-state index contributed by atoms with van der Waals surface area (Å²) in [6.07, 6.45) is 4.30. The summed E-state index contributed by atoms with van der Waals surface area (Å²) in [5, 5.41) is 3.34. The molecule has 2 heterocycles. The lowest BCUT2D eigenvalue weighted by Crippen LogP contribution is -2.42. The lowest BCUT2D eigenvalue weighted by Gasteiger charge is -2.31. The van der Waals surface area contributed by atoms with Crippen molar-refractivity contribution >= 4 is 5.91 Å². The van der Waals surface area contributed by atoms with Crippen LogP contribution in [-0.2, 0) is 4.79 Å². The molecule has 2 aliphatic heterocycles. The van der Waals surface area contributed by atoms with E-state index >= 15 is 0 Å². The molecule has 1 aromatic rings. The zero-order valence-corrected chi connectivity index (χ0v) is 12.7. The molecule has 4 heteroatoms. The Kier molecular flexibility index (Phi) is 4.44. The number of hydrogen-bond donors (Lipinski definition) is 1. The summed E-state index contributed by atoms with van der Waals surface area (Å²) in [4.78, 5) is 14.9. The maximum atomic E-state index is 12.8. The van der Waals surface area contributed by atoms with Crippen molar-refractivity contribution in [3.8, 4) is 5.75 Å². The minimum atomic E-state index is 0.164. The molecule has 1 aromatic carbocycles. The van der Waals surface area contributed by atoms with E-state index in [-0.39, 0.29) is 12.0 Å². The van der Waals surface area contributed by atoms with Crippen LogP contribution in [0.3, 0.4) is 0 Å². The van der Waals surface area contributed by atoms with Crippen LogP contribution in [-0.4, -0.2) is 37.6 Å². The van der Waals surface area contributed by atoms with Crippen LogP contribution in [0.15, 0.2) is 24.3 Å². The Morgan fingerprint density at radius 3 is 2.71 bits per heavy atom. The molecule has 0 radical (unpaired) electrons. The number of hydrogen-bond acceptors (Lipinski definition) is 3. The predicted octanol–water partition coefficient (Wildman–Crippen LogP) is 2.36. The van der Waals surface area contributed by atoms with Crippen LogP contribution in [0.1, 0.15) is 37.3 Å². The number of ether oxygens (including phenoxy) is 1. The minimum Gasteiger partial charge on any atom is -0.497 e. The zero-order valence-electron chi connectivity index (χ0n) is 12.7. The Morgan fingerprint density at radius 2 is 2.05 bits per heavy atom. The van der Waals surface area contributed by atoms with Gasteiger partial charge in [0.2, 0.25) is 5.91 Å². The number of nitrogens with zero attached hydrogens (tertiary/aromatic N) is 1.